The molecule has 0 unspecified atom stereocenters. The highest BCUT2D eigenvalue weighted by molar-refractivity contribution is 5.96. The molecule has 0 amide bonds. The molecule has 0 aromatic heterocycles. The summed E-state index contributed by atoms with van der Waals surface area (Å²) in [7, 11) is 0. The highest BCUT2D eigenvalue weighted by Gasteiger charge is 2.27. The van der Waals surface area contributed by atoms with E-state index in [9.17, 15) is 4.79 Å². The van der Waals surface area contributed by atoms with E-state index in [0.717, 1.165) is 28.9 Å². The van der Waals surface area contributed by atoms with Crippen LogP contribution in [0.1, 0.15) is 26.7 Å². The summed E-state index contributed by atoms with van der Waals surface area (Å²) in [6, 6.07) is 18.4. The van der Waals surface area contributed by atoms with Gasteiger partial charge in [-0.15, -0.1) is 0 Å². The van der Waals surface area contributed by atoms with Crippen LogP contribution in [0.25, 0.3) is 11.1 Å². The Bertz CT molecular complexity index is 749. The Morgan fingerprint density at radius 2 is 1.75 bits per heavy atom. The molecule has 0 saturated heterocycles. The Balaban J connectivity index is 1.98. The van der Waals surface area contributed by atoms with Gasteiger partial charge < -0.3 is 10.1 Å². The number of Topliss-reactive ketones (excluding diaryl/α,β-unsaturated/α-hetero) is 1. The summed E-state index contributed by atoms with van der Waals surface area (Å²) in [4.78, 5) is 12.3. The molecule has 0 fully saturated rings. The van der Waals surface area contributed by atoms with E-state index < -0.39 is 0 Å². The molecule has 3 rings (SSSR count). The molecule has 3 heteroatoms. The van der Waals surface area contributed by atoms with Gasteiger partial charge in [0.2, 0.25) is 0 Å². The molecule has 3 nitrogen and oxygen atoms in total. The number of rotatable bonds is 5. The van der Waals surface area contributed by atoms with Crippen LogP contribution in [-0.4, -0.2) is 12.4 Å². The smallest absolute Gasteiger partial charge is 0.199 e. The largest absolute Gasteiger partial charge is 0.488 e. The van der Waals surface area contributed by atoms with Crippen molar-refractivity contribution in [1.29, 1.82) is 0 Å². The van der Waals surface area contributed by atoms with E-state index in [1.54, 1.807) is 0 Å². The normalized spacial score (nSPS) is 17.8. The average Bonchev–Trinajstić information content (AvgIpc) is 2.59. The van der Waals surface area contributed by atoms with E-state index in [0.29, 0.717) is 24.7 Å². The monoisotopic (exact) mass is 321 g/mol. The molecule has 0 bridgehead atoms. The van der Waals surface area contributed by atoms with Crippen LogP contribution >= 0.6 is 0 Å². The third-order valence-corrected chi connectivity index (χ3v) is 4.20. The lowest BCUT2D eigenvalue weighted by Gasteiger charge is -2.25. The van der Waals surface area contributed by atoms with E-state index in [-0.39, 0.29) is 5.78 Å². The molecule has 0 spiro atoms. The molecule has 0 aliphatic heterocycles. The van der Waals surface area contributed by atoms with Crippen molar-refractivity contribution in [2.45, 2.75) is 26.7 Å². The number of ketones is 1. The molecule has 2 aromatic rings. The molecular formula is C21H23NO2. The minimum atomic E-state index is 0.0929. The van der Waals surface area contributed by atoms with Crippen molar-refractivity contribution < 1.29 is 9.53 Å². The number of hydrogen-bond acceptors (Lipinski definition) is 3. The predicted octanol–water partition coefficient (Wildman–Crippen LogP) is 5.01. The van der Waals surface area contributed by atoms with Crippen LogP contribution in [0.2, 0.25) is 0 Å². The Labute approximate surface area is 143 Å². The van der Waals surface area contributed by atoms with Gasteiger partial charge in [0.15, 0.2) is 11.5 Å². The van der Waals surface area contributed by atoms with Gasteiger partial charge in [-0.2, -0.15) is 0 Å². The van der Waals surface area contributed by atoms with Gasteiger partial charge in [-0.1, -0.05) is 55.5 Å². The number of para-hydroxylation sites is 1. The van der Waals surface area contributed by atoms with E-state index >= 15 is 0 Å². The molecular weight excluding hydrogens is 298 g/mol. The third-order valence-electron chi connectivity index (χ3n) is 4.20. The molecule has 1 atom stereocenters. The number of carbonyl (C=O) groups excluding carboxylic acids is 1. The first kappa shape index (κ1) is 16.3. The van der Waals surface area contributed by atoms with Gasteiger partial charge in [0.25, 0.3) is 0 Å². The molecule has 2 aromatic carbocycles. The fraction of sp³-hybridized carbons (Fsp3) is 0.286. The topological polar surface area (TPSA) is 38.3 Å². The summed E-state index contributed by atoms with van der Waals surface area (Å²) < 4.78 is 5.64. The lowest BCUT2D eigenvalue weighted by atomic mass is 9.91. The van der Waals surface area contributed by atoms with Crippen LogP contribution in [0.3, 0.4) is 0 Å². The minimum Gasteiger partial charge on any atom is -0.488 e. The third kappa shape index (κ3) is 3.51. The predicted molar refractivity (Wildman–Crippen MR) is 97.6 cm³/mol. The first-order valence-corrected chi connectivity index (χ1v) is 8.49. The van der Waals surface area contributed by atoms with Gasteiger partial charge in [0, 0.05) is 17.7 Å². The Morgan fingerprint density at radius 3 is 2.50 bits per heavy atom. The van der Waals surface area contributed by atoms with Crippen LogP contribution in [0.15, 0.2) is 66.1 Å². The van der Waals surface area contributed by atoms with Crippen molar-refractivity contribution in [3.8, 4) is 11.1 Å². The lowest BCUT2D eigenvalue weighted by Crippen LogP contribution is -2.23. The van der Waals surface area contributed by atoms with E-state index in [2.05, 4.69) is 30.4 Å². The first-order valence-electron chi connectivity index (χ1n) is 8.49. The molecule has 1 N–H and O–H groups in total. The highest BCUT2D eigenvalue weighted by atomic mass is 16.5. The number of hydrogen-bond donors (Lipinski definition) is 1. The molecule has 0 saturated carbocycles. The van der Waals surface area contributed by atoms with Crippen molar-refractivity contribution in [3.05, 3.63) is 66.1 Å². The van der Waals surface area contributed by atoms with Gasteiger partial charge >= 0.3 is 0 Å². The van der Waals surface area contributed by atoms with Crippen LogP contribution in [0.4, 0.5) is 5.69 Å². The fourth-order valence-electron chi connectivity index (χ4n) is 3.13. The van der Waals surface area contributed by atoms with Crippen molar-refractivity contribution in [1.82, 2.24) is 0 Å². The minimum absolute atomic E-state index is 0.0929. The number of carbonyl (C=O) groups is 1. The highest BCUT2D eigenvalue weighted by Crippen LogP contribution is 2.33. The van der Waals surface area contributed by atoms with Gasteiger partial charge in [-0.3, -0.25) is 4.79 Å². The average molecular weight is 321 g/mol. The summed E-state index contributed by atoms with van der Waals surface area (Å²) in [6.45, 7) is 4.51. The summed E-state index contributed by atoms with van der Waals surface area (Å²) in [5.41, 5.74) is 4.16. The summed E-state index contributed by atoms with van der Waals surface area (Å²) in [5.74, 6) is 0.918. The number of anilines is 1. The van der Waals surface area contributed by atoms with Gasteiger partial charge in [-0.25, -0.2) is 0 Å². The Kier molecular flexibility index (Phi) is 4.99. The lowest BCUT2D eigenvalue weighted by molar-refractivity contribution is -0.120. The number of ether oxygens (including phenoxy) is 1. The van der Waals surface area contributed by atoms with Crippen molar-refractivity contribution >= 4 is 11.5 Å². The van der Waals surface area contributed by atoms with Gasteiger partial charge in [0.1, 0.15) is 0 Å². The maximum absolute atomic E-state index is 12.3. The van der Waals surface area contributed by atoms with Crippen LogP contribution in [-0.2, 0) is 9.53 Å². The standard InChI is InChI=1S/C21H23NO2/c1-3-24-21-19(13-15(2)14-20(21)23)22-18-12-8-7-11-17(18)16-9-5-4-6-10-16/h4-12,15,22H,3,13-14H2,1-2H3/t15-/m1/s1. The summed E-state index contributed by atoms with van der Waals surface area (Å²) >= 11 is 0. The molecule has 1 aliphatic rings. The zero-order chi connectivity index (χ0) is 16.9. The van der Waals surface area contributed by atoms with Crippen LogP contribution < -0.4 is 5.32 Å². The zero-order valence-corrected chi connectivity index (χ0v) is 14.2. The van der Waals surface area contributed by atoms with Gasteiger partial charge in [0.05, 0.1) is 12.3 Å². The molecule has 124 valence electrons. The SMILES string of the molecule is CCOC1=C(Nc2ccccc2-c2ccccc2)C[C@@H](C)CC1=O. The summed E-state index contributed by atoms with van der Waals surface area (Å²) in [5, 5.41) is 3.48. The fourth-order valence-corrected chi connectivity index (χ4v) is 3.13. The molecule has 0 radical (unpaired) electrons. The molecule has 24 heavy (non-hydrogen) atoms. The number of benzene rings is 2. The Hall–Kier alpha value is -2.55. The summed E-state index contributed by atoms with van der Waals surface area (Å²) in [6.07, 6.45) is 1.38. The van der Waals surface area contributed by atoms with Crippen LogP contribution in [0, 0.1) is 5.92 Å². The quantitative estimate of drug-likeness (QED) is 0.841. The molecule has 0 heterocycles. The van der Waals surface area contributed by atoms with Crippen molar-refractivity contribution in [2.75, 3.05) is 11.9 Å². The first-order chi connectivity index (χ1) is 11.7. The van der Waals surface area contributed by atoms with Crippen molar-refractivity contribution in [2.24, 2.45) is 5.92 Å². The van der Waals surface area contributed by atoms with E-state index in [4.69, 9.17) is 4.74 Å². The second kappa shape index (κ2) is 7.35. The van der Waals surface area contributed by atoms with Crippen LogP contribution in [0.5, 0.6) is 0 Å². The van der Waals surface area contributed by atoms with E-state index in [1.807, 2.05) is 43.3 Å². The second-order valence-electron chi connectivity index (χ2n) is 6.21. The van der Waals surface area contributed by atoms with E-state index in [1.165, 1.54) is 0 Å². The number of nitrogens with one attached hydrogen (secondary N) is 1. The second-order valence-corrected chi connectivity index (χ2v) is 6.21. The maximum atomic E-state index is 12.3. The number of allylic oxidation sites excluding steroid dienone is 2. The van der Waals surface area contributed by atoms with Gasteiger partial charge in [-0.05, 0) is 30.9 Å². The molecule has 1 aliphatic carbocycles. The zero-order valence-electron chi connectivity index (χ0n) is 14.2. The Morgan fingerprint density at radius 1 is 1.04 bits per heavy atom. The maximum Gasteiger partial charge on any atom is 0.199 e. The van der Waals surface area contributed by atoms with Crippen molar-refractivity contribution in [3.63, 3.8) is 0 Å².